The summed E-state index contributed by atoms with van der Waals surface area (Å²) in [6, 6.07) is 21.9. The Bertz CT molecular complexity index is 705. The fraction of sp³-hybridized carbons (Fsp3) is 0.391. The summed E-state index contributed by atoms with van der Waals surface area (Å²) < 4.78 is 0. The summed E-state index contributed by atoms with van der Waals surface area (Å²) in [6.45, 7) is 1.03. The van der Waals surface area contributed by atoms with Crippen molar-refractivity contribution in [1.82, 2.24) is 9.80 Å². The summed E-state index contributed by atoms with van der Waals surface area (Å²) in [6.07, 6.45) is 7.17. The first kappa shape index (κ1) is 17.9. The lowest BCUT2D eigenvalue weighted by Gasteiger charge is -2.46. The third-order valence-electron chi connectivity index (χ3n) is 5.65. The molecule has 132 valence electrons. The third kappa shape index (κ3) is 3.42. The maximum atomic E-state index is 2.47. The van der Waals surface area contributed by atoms with Crippen LogP contribution in [0.1, 0.15) is 24.0 Å². The van der Waals surface area contributed by atoms with Gasteiger partial charge in [-0.25, -0.2) is 0 Å². The molecule has 3 rings (SSSR count). The van der Waals surface area contributed by atoms with Gasteiger partial charge in [0.05, 0.1) is 5.54 Å². The molecule has 0 N–H and O–H groups in total. The van der Waals surface area contributed by atoms with Crippen molar-refractivity contribution < 1.29 is 0 Å². The molecule has 2 heteroatoms. The molecule has 2 atom stereocenters. The fourth-order valence-corrected chi connectivity index (χ4v) is 4.27. The first-order valence-electron chi connectivity index (χ1n) is 9.12. The molecule has 2 aromatic rings. The molecule has 1 aliphatic carbocycles. The second-order valence-corrected chi connectivity index (χ2v) is 7.78. The lowest BCUT2D eigenvalue weighted by Crippen LogP contribution is -2.47. The predicted molar refractivity (Wildman–Crippen MR) is 107 cm³/mol. The average Bonchev–Trinajstić information content (AvgIpc) is 2.63. The zero-order chi connectivity index (χ0) is 17.9. The number of benzene rings is 2. The van der Waals surface area contributed by atoms with Crippen molar-refractivity contribution in [3.8, 4) is 0 Å². The smallest absolute Gasteiger partial charge is 0.0641 e. The molecule has 2 aromatic carbocycles. The molecule has 0 spiro atoms. The lowest BCUT2D eigenvalue weighted by molar-refractivity contribution is 0.158. The van der Waals surface area contributed by atoms with Crippen LogP contribution in [0.4, 0.5) is 0 Å². The van der Waals surface area contributed by atoms with Gasteiger partial charge in [0.2, 0.25) is 0 Å². The van der Waals surface area contributed by atoms with E-state index >= 15 is 0 Å². The summed E-state index contributed by atoms with van der Waals surface area (Å²) in [5.74, 6) is 0. The van der Waals surface area contributed by atoms with Crippen LogP contribution in [-0.2, 0) is 11.0 Å². The number of likely N-dealkylation sites (N-methyl/N-ethyl adjacent to an activating group) is 2. The van der Waals surface area contributed by atoms with Gasteiger partial charge in [-0.2, -0.15) is 0 Å². The van der Waals surface area contributed by atoms with E-state index in [2.05, 4.69) is 111 Å². The van der Waals surface area contributed by atoms with E-state index in [0.29, 0.717) is 0 Å². The Kier molecular flexibility index (Phi) is 5.12. The van der Waals surface area contributed by atoms with Crippen LogP contribution in [0.3, 0.4) is 0 Å². The Morgan fingerprint density at radius 3 is 1.72 bits per heavy atom. The number of nitrogens with zero attached hydrogens (tertiary/aromatic N) is 2. The van der Waals surface area contributed by atoms with Gasteiger partial charge >= 0.3 is 0 Å². The molecule has 25 heavy (non-hydrogen) atoms. The minimum absolute atomic E-state index is 0.0220. The molecule has 0 saturated carbocycles. The molecule has 0 radical (unpaired) electrons. The molecule has 2 unspecified atom stereocenters. The number of rotatable bonds is 5. The van der Waals surface area contributed by atoms with Crippen molar-refractivity contribution in [3.63, 3.8) is 0 Å². The van der Waals surface area contributed by atoms with E-state index in [4.69, 9.17) is 0 Å². The molecule has 0 heterocycles. The lowest BCUT2D eigenvalue weighted by atomic mass is 9.66. The number of hydrogen-bond acceptors (Lipinski definition) is 2. The van der Waals surface area contributed by atoms with Crippen LogP contribution in [0.15, 0.2) is 72.8 Å². The second kappa shape index (κ2) is 7.15. The van der Waals surface area contributed by atoms with Crippen molar-refractivity contribution in [2.45, 2.75) is 23.8 Å². The van der Waals surface area contributed by atoms with Gasteiger partial charge in [0, 0.05) is 12.0 Å². The molecule has 0 aromatic heterocycles. The highest BCUT2D eigenvalue weighted by Crippen LogP contribution is 2.45. The van der Waals surface area contributed by atoms with Gasteiger partial charge in [0.1, 0.15) is 0 Å². The highest BCUT2D eigenvalue weighted by atomic mass is 15.1. The maximum absolute atomic E-state index is 2.47. The van der Waals surface area contributed by atoms with E-state index in [1.165, 1.54) is 11.1 Å². The minimum Gasteiger partial charge on any atom is -0.308 e. The van der Waals surface area contributed by atoms with Crippen LogP contribution in [0.5, 0.6) is 0 Å². The van der Waals surface area contributed by atoms with Crippen molar-refractivity contribution in [1.29, 1.82) is 0 Å². The van der Waals surface area contributed by atoms with Gasteiger partial charge in [0.15, 0.2) is 0 Å². The molecule has 0 fully saturated rings. The molecule has 0 bridgehead atoms. The van der Waals surface area contributed by atoms with Gasteiger partial charge < -0.3 is 4.90 Å². The van der Waals surface area contributed by atoms with Crippen LogP contribution in [0.2, 0.25) is 0 Å². The normalized spacial score (nSPS) is 26.3. The maximum Gasteiger partial charge on any atom is 0.0641 e. The van der Waals surface area contributed by atoms with E-state index in [1.807, 2.05) is 0 Å². The van der Waals surface area contributed by atoms with Crippen molar-refractivity contribution in [2.75, 3.05) is 34.7 Å². The monoisotopic (exact) mass is 334 g/mol. The van der Waals surface area contributed by atoms with Crippen LogP contribution < -0.4 is 0 Å². The molecule has 0 amide bonds. The first-order valence-corrected chi connectivity index (χ1v) is 9.12. The van der Waals surface area contributed by atoms with Crippen LogP contribution in [-0.4, -0.2) is 44.5 Å². The van der Waals surface area contributed by atoms with E-state index in [9.17, 15) is 0 Å². The van der Waals surface area contributed by atoms with Crippen molar-refractivity contribution in [3.05, 3.63) is 83.9 Å². The zero-order valence-electron chi connectivity index (χ0n) is 15.9. The van der Waals surface area contributed by atoms with Gasteiger partial charge in [-0.05, 0) is 52.2 Å². The number of hydrogen-bond donors (Lipinski definition) is 0. The standard InChI is InChI=1S/C23H30N2/c1-24(2)19-22(20-11-7-5-8-12-20)15-17-23(18-16-22,25(3)4)21-13-9-6-10-14-21/h5-15,17H,16,18-19H2,1-4H3. The van der Waals surface area contributed by atoms with E-state index < -0.39 is 0 Å². The van der Waals surface area contributed by atoms with E-state index in [1.54, 1.807) is 0 Å². The van der Waals surface area contributed by atoms with Crippen molar-refractivity contribution >= 4 is 0 Å². The fourth-order valence-electron chi connectivity index (χ4n) is 4.27. The zero-order valence-corrected chi connectivity index (χ0v) is 15.9. The van der Waals surface area contributed by atoms with Crippen LogP contribution in [0.25, 0.3) is 0 Å². The topological polar surface area (TPSA) is 6.48 Å². The summed E-state index contributed by atoms with van der Waals surface area (Å²) in [7, 11) is 8.73. The Hall–Kier alpha value is -1.90. The van der Waals surface area contributed by atoms with Gasteiger partial charge in [0.25, 0.3) is 0 Å². The Morgan fingerprint density at radius 2 is 1.28 bits per heavy atom. The molecule has 0 aliphatic heterocycles. The van der Waals surface area contributed by atoms with Gasteiger partial charge in [-0.1, -0.05) is 72.8 Å². The minimum atomic E-state index is -0.0220. The Morgan fingerprint density at radius 1 is 0.720 bits per heavy atom. The third-order valence-corrected chi connectivity index (χ3v) is 5.65. The largest absolute Gasteiger partial charge is 0.308 e. The SMILES string of the molecule is CN(C)CC1(c2ccccc2)C=CC(c2ccccc2)(N(C)C)CC1. The van der Waals surface area contributed by atoms with Gasteiger partial charge in [-0.3, -0.25) is 4.90 Å². The molecule has 1 aliphatic rings. The highest BCUT2D eigenvalue weighted by molar-refractivity contribution is 5.39. The molecule has 2 nitrogen and oxygen atoms in total. The predicted octanol–water partition coefficient (Wildman–Crippen LogP) is 4.29. The summed E-state index contributed by atoms with van der Waals surface area (Å²) in [4.78, 5) is 4.67. The molecule has 0 saturated heterocycles. The second-order valence-electron chi connectivity index (χ2n) is 7.78. The van der Waals surface area contributed by atoms with E-state index in [0.717, 1.165) is 19.4 Å². The quantitative estimate of drug-likeness (QED) is 0.753. The summed E-state index contributed by atoms with van der Waals surface area (Å²) >= 11 is 0. The van der Waals surface area contributed by atoms with E-state index in [-0.39, 0.29) is 11.0 Å². The average molecular weight is 335 g/mol. The Labute approximate surface area is 152 Å². The first-order chi connectivity index (χ1) is 12.0. The summed E-state index contributed by atoms with van der Waals surface area (Å²) in [5, 5.41) is 0. The van der Waals surface area contributed by atoms with Crippen molar-refractivity contribution in [2.24, 2.45) is 0 Å². The highest BCUT2D eigenvalue weighted by Gasteiger charge is 2.41. The summed E-state index contributed by atoms with van der Waals surface area (Å²) in [5.41, 5.74) is 2.85. The molecular weight excluding hydrogens is 304 g/mol. The van der Waals surface area contributed by atoms with Gasteiger partial charge in [-0.15, -0.1) is 0 Å². The molecular formula is C23H30N2. The van der Waals surface area contributed by atoms with Crippen LogP contribution >= 0.6 is 0 Å². The Balaban J connectivity index is 2.05. The van der Waals surface area contributed by atoms with Crippen LogP contribution in [0, 0.1) is 0 Å².